The van der Waals surface area contributed by atoms with Crippen LogP contribution in [0.25, 0.3) is 10.2 Å². The van der Waals surface area contributed by atoms with Gasteiger partial charge in [-0.1, -0.05) is 50.3 Å². The Morgan fingerprint density at radius 3 is 2.41 bits per heavy atom. The maximum absolute atomic E-state index is 13.7. The number of carbonyl (C=O) groups excluding carboxylic acids is 1. The summed E-state index contributed by atoms with van der Waals surface area (Å²) < 4.78 is 30.8. The van der Waals surface area contributed by atoms with Crippen LogP contribution in [0.1, 0.15) is 36.7 Å². The smallest absolute Gasteiger partial charge is 0.260 e. The molecule has 2 aromatic carbocycles. The highest BCUT2D eigenvalue weighted by Crippen LogP contribution is 2.33. The van der Waals surface area contributed by atoms with Crippen LogP contribution in [0.15, 0.2) is 47.4 Å². The van der Waals surface area contributed by atoms with Gasteiger partial charge in [0.1, 0.15) is 5.52 Å². The fourth-order valence-electron chi connectivity index (χ4n) is 3.95. The summed E-state index contributed by atoms with van der Waals surface area (Å²) in [5.41, 5.74) is 2.14. The van der Waals surface area contributed by atoms with E-state index in [-0.39, 0.29) is 16.2 Å². The summed E-state index contributed by atoms with van der Waals surface area (Å²) in [6, 6.07) is 12.8. The van der Waals surface area contributed by atoms with Gasteiger partial charge in [0.15, 0.2) is 15.0 Å². The molecule has 2 heterocycles. The molecule has 1 fully saturated rings. The summed E-state index contributed by atoms with van der Waals surface area (Å²) >= 11 is 1.34. The number of sulfone groups is 1. The highest BCUT2D eigenvalue weighted by molar-refractivity contribution is 7.91. The van der Waals surface area contributed by atoms with Crippen LogP contribution >= 0.6 is 11.3 Å². The van der Waals surface area contributed by atoms with E-state index in [9.17, 15) is 13.2 Å². The zero-order valence-electron chi connectivity index (χ0n) is 20.1. The number of amides is 1. The van der Waals surface area contributed by atoms with E-state index in [4.69, 9.17) is 4.74 Å². The summed E-state index contributed by atoms with van der Waals surface area (Å²) in [6.07, 6.45) is 1.18. The Bertz CT molecular complexity index is 1270. The van der Waals surface area contributed by atoms with Crippen molar-refractivity contribution in [2.45, 2.75) is 31.1 Å². The fraction of sp³-hybridized carbons (Fsp3) is 0.440. The Hall–Kier alpha value is -2.33. The predicted molar refractivity (Wildman–Crippen MR) is 137 cm³/mol. The third kappa shape index (κ3) is 5.49. The molecule has 1 aliphatic heterocycles. The topological polar surface area (TPSA) is 79.8 Å². The van der Waals surface area contributed by atoms with Gasteiger partial charge in [0.05, 0.1) is 22.8 Å². The first kappa shape index (κ1) is 24.8. The Kier molecular flexibility index (Phi) is 7.09. The number of rotatable bonds is 6. The molecule has 1 aliphatic rings. The van der Waals surface area contributed by atoms with Gasteiger partial charge in [-0.05, 0) is 35.2 Å². The van der Waals surface area contributed by atoms with Crippen LogP contribution in [0.2, 0.25) is 0 Å². The number of anilines is 1. The lowest BCUT2D eigenvalue weighted by Crippen LogP contribution is -2.43. The molecule has 0 aliphatic carbocycles. The van der Waals surface area contributed by atoms with Crippen molar-refractivity contribution in [3.05, 3.63) is 53.6 Å². The number of hydrogen-bond acceptors (Lipinski definition) is 7. The van der Waals surface area contributed by atoms with Gasteiger partial charge < -0.3 is 4.74 Å². The van der Waals surface area contributed by atoms with Crippen molar-refractivity contribution in [2.75, 3.05) is 50.5 Å². The summed E-state index contributed by atoms with van der Waals surface area (Å²) in [6.45, 7) is 10.6. The largest absolute Gasteiger partial charge is 0.379 e. The van der Waals surface area contributed by atoms with Crippen LogP contribution in [0.3, 0.4) is 0 Å². The minimum atomic E-state index is -3.44. The van der Waals surface area contributed by atoms with E-state index in [0.29, 0.717) is 42.5 Å². The predicted octanol–water partition coefficient (Wildman–Crippen LogP) is 3.98. The molecule has 0 radical (unpaired) electrons. The van der Waals surface area contributed by atoms with E-state index < -0.39 is 9.84 Å². The van der Waals surface area contributed by atoms with E-state index in [2.05, 4.69) is 30.7 Å². The molecule has 7 nitrogen and oxygen atoms in total. The van der Waals surface area contributed by atoms with Gasteiger partial charge in [0, 0.05) is 38.0 Å². The maximum atomic E-state index is 13.7. The lowest BCUT2D eigenvalue weighted by molar-refractivity contribution is 0.0391. The van der Waals surface area contributed by atoms with Crippen molar-refractivity contribution in [1.82, 2.24) is 9.88 Å². The molecule has 4 rings (SSSR count). The number of nitrogens with zero attached hydrogens (tertiary/aromatic N) is 3. The molecule has 0 saturated carbocycles. The first-order valence-electron chi connectivity index (χ1n) is 11.4. The molecule has 1 saturated heterocycles. The molecule has 34 heavy (non-hydrogen) atoms. The van der Waals surface area contributed by atoms with Crippen molar-refractivity contribution >= 4 is 42.4 Å². The van der Waals surface area contributed by atoms with Gasteiger partial charge in [-0.2, -0.15) is 0 Å². The molecular formula is C25H31N3O4S2. The zero-order chi connectivity index (χ0) is 24.5. The van der Waals surface area contributed by atoms with Crippen molar-refractivity contribution in [3.63, 3.8) is 0 Å². The number of carbonyl (C=O) groups is 1. The van der Waals surface area contributed by atoms with Gasteiger partial charge in [0.25, 0.3) is 5.91 Å². The zero-order valence-corrected chi connectivity index (χ0v) is 21.7. The molecule has 182 valence electrons. The summed E-state index contributed by atoms with van der Waals surface area (Å²) in [7, 11) is -3.44. The van der Waals surface area contributed by atoms with E-state index in [1.807, 2.05) is 30.3 Å². The van der Waals surface area contributed by atoms with Gasteiger partial charge in [-0.25, -0.2) is 13.4 Å². The van der Waals surface area contributed by atoms with Crippen LogP contribution in [0.5, 0.6) is 0 Å². The molecule has 1 amide bonds. The van der Waals surface area contributed by atoms with Gasteiger partial charge in [-0.3, -0.25) is 14.6 Å². The Balaban J connectivity index is 1.70. The third-order valence-electron chi connectivity index (χ3n) is 5.99. The van der Waals surface area contributed by atoms with Gasteiger partial charge >= 0.3 is 0 Å². The number of morpholine rings is 1. The Labute approximate surface area is 205 Å². The van der Waals surface area contributed by atoms with Crippen molar-refractivity contribution in [2.24, 2.45) is 0 Å². The summed E-state index contributed by atoms with van der Waals surface area (Å²) in [5, 5.41) is 0.504. The summed E-state index contributed by atoms with van der Waals surface area (Å²) in [4.78, 5) is 22.4. The van der Waals surface area contributed by atoms with Crippen LogP contribution in [0, 0.1) is 0 Å². The number of aromatic nitrogens is 1. The van der Waals surface area contributed by atoms with Gasteiger partial charge in [0.2, 0.25) is 0 Å². The maximum Gasteiger partial charge on any atom is 0.260 e. The Morgan fingerprint density at radius 2 is 1.79 bits per heavy atom. The monoisotopic (exact) mass is 501 g/mol. The minimum absolute atomic E-state index is 0.00727. The first-order chi connectivity index (χ1) is 16.0. The second-order valence-electron chi connectivity index (χ2n) is 9.61. The quantitative estimate of drug-likeness (QED) is 0.508. The van der Waals surface area contributed by atoms with E-state index in [0.717, 1.165) is 23.4 Å². The number of fused-ring (bicyclic) bond motifs is 1. The molecule has 0 atom stereocenters. The van der Waals surface area contributed by atoms with Crippen LogP contribution in [-0.2, 0) is 20.0 Å². The summed E-state index contributed by atoms with van der Waals surface area (Å²) in [5.74, 6) is -0.145. The van der Waals surface area contributed by atoms with Crippen LogP contribution in [-0.4, -0.2) is 69.9 Å². The van der Waals surface area contributed by atoms with Crippen molar-refractivity contribution in [1.29, 1.82) is 0 Å². The normalized spacial score (nSPS) is 15.5. The molecule has 9 heteroatoms. The lowest BCUT2D eigenvalue weighted by Gasteiger charge is -2.29. The SMILES string of the molecule is CC(C)(C)c1ccc(C(=O)N(CCN2CCOCC2)c2nc3c(S(C)(=O)=O)cccc3s2)cc1. The number of para-hydroxylation sites is 1. The number of ether oxygens (including phenoxy) is 1. The third-order valence-corrected chi connectivity index (χ3v) is 8.16. The van der Waals surface area contributed by atoms with E-state index in [1.54, 1.807) is 17.0 Å². The number of thiazole rings is 1. The van der Waals surface area contributed by atoms with Crippen LogP contribution < -0.4 is 4.90 Å². The lowest BCUT2D eigenvalue weighted by atomic mass is 9.86. The van der Waals surface area contributed by atoms with Crippen molar-refractivity contribution < 1.29 is 17.9 Å². The van der Waals surface area contributed by atoms with Crippen LogP contribution in [0.4, 0.5) is 5.13 Å². The minimum Gasteiger partial charge on any atom is -0.379 e. The molecule has 0 N–H and O–H groups in total. The molecule has 0 spiro atoms. The molecule has 0 bridgehead atoms. The highest BCUT2D eigenvalue weighted by Gasteiger charge is 2.25. The Morgan fingerprint density at radius 1 is 1.12 bits per heavy atom. The molecular weight excluding hydrogens is 470 g/mol. The number of hydrogen-bond donors (Lipinski definition) is 0. The molecule has 3 aromatic rings. The number of benzene rings is 2. The first-order valence-corrected chi connectivity index (χ1v) is 14.1. The second-order valence-corrected chi connectivity index (χ2v) is 12.6. The highest BCUT2D eigenvalue weighted by atomic mass is 32.2. The standard InChI is InChI=1S/C25H31N3O4S2/c1-25(2,3)19-10-8-18(9-11-19)23(29)28(13-12-27-14-16-32-17-15-27)24-26-22-20(33-24)6-5-7-21(22)34(4,30)31/h5-11H,12-17H2,1-4H3. The molecule has 0 unspecified atom stereocenters. The van der Waals surface area contributed by atoms with Gasteiger partial charge in [-0.15, -0.1) is 0 Å². The second kappa shape index (κ2) is 9.73. The molecule has 1 aromatic heterocycles. The van der Waals surface area contributed by atoms with E-state index >= 15 is 0 Å². The average molecular weight is 502 g/mol. The average Bonchev–Trinajstić information content (AvgIpc) is 3.22. The van der Waals surface area contributed by atoms with Crippen molar-refractivity contribution in [3.8, 4) is 0 Å². The fourth-order valence-corrected chi connectivity index (χ4v) is 5.86. The van der Waals surface area contributed by atoms with E-state index in [1.165, 1.54) is 17.6 Å².